The SMILES string of the molecule is CC(C)(CC(O)(Cc1cc(C(F)(F)F)cc(Cl)c1F)C(F)(F)F)c1cccc2c1OCC2. The lowest BCUT2D eigenvalue weighted by Crippen LogP contribution is -2.51. The van der Waals surface area contributed by atoms with Crippen LogP contribution in [0, 0.1) is 5.82 Å². The van der Waals surface area contributed by atoms with Gasteiger partial charge in [0.15, 0.2) is 5.60 Å². The number of fused-ring (bicyclic) bond motifs is 1. The van der Waals surface area contributed by atoms with Crippen molar-refractivity contribution in [2.75, 3.05) is 6.61 Å². The normalized spacial score (nSPS) is 16.5. The maximum Gasteiger partial charge on any atom is 0.417 e. The Kier molecular flexibility index (Phi) is 6.23. The monoisotopic (exact) mass is 484 g/mol. The van der Waals surface area contributed by atoms with E-state index < -0.39 is 58.2 Å². The van der Waals surface area contributed by atoms with Crippen molar-refractivity contribution in [2.24, 2.45) is 0 Å². The van der Waals surface area contributed by atoms with Crippen molar-refractivity contribution in [2.45, 2.75) is 56.5 Å². The Labute approximate surface area is 185 Å². The Bertz CT molecular complexity index is 1010. The summed E-state index contributed by atoms with van der Waals surface area (Å²) in [4.78, 5) is 0. The largest absolute Gasteiger partial charge is 0.493 e. The average Bonchev–Trinajstić information content (AvgIpc) is 3.11. The summed E-state index contributed by atoms with van der Waals surface area (Å²) >= 11 is 5.51. The molecule has 10 heteroatoms. The summed E-state index contributed by atoms with van der Waals surface area (Å²) in [5, 5.41) is 9.72. The standard InChI is InChI=1S/C22H20ClF7O2/c1-19(2,15-5-3-4-12-6-7-32-18(12)15)11-20(31,22(28,29)30)10-13-8-14(21(25,26)27)9-16(23)17(13)24/h3-5,8-9,31H,6-7,10-11H2,1-2H3. The number of halogens is 8. The highest BCUT2D eigenvalue weighted by molar-refractivity contribution is 6.30. The summed E-state index contributed by atoms with van der Waals surface area (Å²) in [5.41, 5.74) is -6.01. The van der Waals surface area contributed by atoms with Gasteiger partial charge in [-0.1, -0.05) is 43.6 Å². The van der Waals surface area contributed by atoms with Gasteiger partial charge in [-0.15, -0.1) is 0 Å². The van der Waals surface area contributed by atoms with Crippen molar-refractivity contribution in [3.8, 4) is 5.75 Å². The van der Waals surface area contributed by atoms with Crippen molar-refractivity contribution in [1.82, 2.24) is 0 Å². The first-order chi connectivity index (χ1) is 14.6. The second kappa shape index (κ2) is 8.09. The van der Waals surface area contributed by atoms with Crippen LogP contribution in [0.3, 0.4) is 0 Å². The zero-order valence-corrected chi connectivity index (χ0v) is 17.9. The molecule has 1 N–H and O–H groups in total. The Hall–Kier alpha value is -2.00. The number of ether oxygens (including phenoxy) is 1. The minimum atomic E-state index is -5.27. The van der Waals surface area contributed by atoms with Gasteiger partial charge in [0.1, 0.15) is 11.6 Å². The third kappa shape index (κ3) is 4.69. The third-order valence-electron chi connectivity index (χ3n) is 5.62. The first-order valence-electron chi connectivity index (χ1n) is 9.64. The smallest absolute Gasteiger partial charge is 0.417 e. The molecule has 0 bridgehead atoms. The molecule has 3 rings (SSSR count). The Morgan fingerprint density at radius 1 is 1.06 bits per heavy atom. The molecule has 2 aromatic carbocycles. The van der Waals surface area contributed by atoms with E-state index in [2.05, 4.69) is 0 Å². The minimum Gasteiger partial charge on any atom is -0.493 e. The van der Waals surface area contributed by atoms with Crippen LogP contribution in [0.4, 0.5) is 30.7 Å². The van der Waals surface area contributed by atoms with E-state index >= 15 is 0 Å². The van der Waals surface area contributed by atoms with E-state index in [9.17, 15) is 35.8 Å². The fourth-order valence-electron chi connectivity index (χ4n) is 4.09. The molecule has 0 spiro atoms. The van der Waals surface area contributed by atoms with Crippen LogP contribution in [0.5, 0.6) is 5.75 Å². The van der Waals surface area contributed by atoms with Gasteiger partial charge in [-0.25, -0.2) is 4.39 Å². The maximum absolute atomic E-state index is 14.4. The number of alkyl halides is 6. The first-order valence-corrected chi connectivity index (χ1v) is 10.0. The number of benzene rings is 2. The van der Waals surface area contributed by atoms with E-state index in [0.29, 0.717) is 30.4 Å². The molecule has 32 heavy (non-hydrogen) atoms. The van der Waals surface area contributed by atoms with Gasteiger partial charge in [0, 0.05) is 18.4 Å². The van der Waals surface area contributed by atoms with Gasteiger partial charge < -0.3 is 9.84 Å². The summed E-state index contributed by atoms with van der Waals surface area (Å²) in [5.74, 6) is -1.01. The number of hydrogen-bond donors (Lipinski definition) is 1. The summed E-state index contributed by atoms with van der Waals surface area (Å²) in [6.07, 6.45) is -12.0. The van der Waals surface area contributed by atoms with E-state index in [0.717, 1.165) is 5.56 Å². The van der Waals surface area contributed by atoms with Crippen LogP contribution in [-0.4, -0.2) is 23.5 Å². The second-order valence-corrected chi connectivity index (χ2v) is 9.00. The fraction of sp³-hybridized carbons (Fsp3) is 0.455. The maximum atomic E-state index is 14.4. The Balaban J connectivity index is 2.04. The average molecular weight is 485 g/mol. The Morgan fingerprint density at radius 3 is 2.31 bits per heavy atom. The highest BCUT2D eigenvalue weighted by Gasteiger charge is 2.56. The summed E-state index contributed by atoms with van der Waals surface area (Å²) in [7, 11) is 0. The molecule has 0 saturated heterocycles. The van der Waals surface area contributed by atoms with Crippen molar-refractivity contribution in [1.29, 1.82) is 0 Å². The molecule has 1 aliphatic heterocycles. The number of hydrogen-bond acceptors (Lipinski definition) is 2. The van der Waals surface area contributed by atoms with E-state index in [1.807, 2.05) is 0 Å². The van der Waals surface area contributed by atoms with Crippen LogP contribution in [0.1, 0.15) is 42.5 Å². The molecule has 0 aliphatic carbocycles. The van der Waals surface area contributed by atoms with Crippen LogP contribution in [0.2, 0.25) is 5.02 Å². The van der Waals surface area contributed by atoms with E-state index in [4.69, 9.17) is 16.3 Å². The van der Waals surface area contributed by atoms with Crippen LogP contribution in [0.15, 0.2) is 30.3 Å². The summed E-state index contributed by atoms with van der Waals surface area (Å²) in [6, 6.07) is 5.54. The fourth-order valence-corrected chi connectivity index (χ4v) is 4.33. The molecule has 0 amide bonds. The lowest BCUT2D eigenvalue weighted by atomic mass is 9.72. The van der Waals surface area contributed by atoms with Crippen molar-refractivity contribution >= 4 is 11.6 Å². The molecule has 0 aromatic heterocycles. The summed E-state index contributed by atoms with van der Waals surface area (Å²) < 4.78 is 101. The van der Waals surface area contributed by atoms with E-state index in [1.54, 1.807) is 18.2 Å². The van der Waals surface area contributed by atoms with Crippen LogP contribution in [-0.2, 0) is 24.4 Å². The topological polar surface area (TPSA) is 29.5 Å². The predicted molar refractivity (Wildman–Crippen MR) is 104 cm³/mol. The molecule has 2 aromatic rings. The van der Waals surface area contributed by atoms with Gasteiger partial charge in [-0.2, -0.15) is 26.3 Å². The van der Waals surface area contributed by atoms with Crippen LogP contribution in [0.25, 0.3) is 0 Å². The zero-order chi connectivity index (χ0) is 24.1. The lowest BCUT2D eigenvalue weighted by Gasteiger charge is -2.38. The molecule has 0 radical (unpaired) electrons. The summed E-state index contributed by atoms with van der Waals surface area (Å²) in [6.45, 7) is 3.27. The molecule has 1 unspecified atom stereocenters. The first kappa shape index (κ1) is 24.6. The number of aliphatic hydroxyl groups is 1. The van der Waals surface area contributed by atoms with Gasteiger partial charge in [-0.3, -0.25) is 0 Å². The molecule has 176 valence electrons. The van der Waals surface area contributed by atoms with Gasteiger partial charge >= 0.3 is 12.4 Å². The third-order valence-corrected chi connectivity index (χ3v) is 5.89. The van der Waals surface area contributed by atoms with E-state index in [1.165, 1.54) is 13.8 Å². The Morgan fingerprint density at radius 2 is 1.72 bits per heavy atom. The highest BCUT2D eigenvalue weighted by atomic mass is 35.5. The van der Waals surface area contributed by atoms with Crippen LogP contribution < -0.4 is 4.74 Å². The quantitative estimate of drug-likeness (QED) is 0.482. The molecule has 1 heterocycles. The second-order valence-electron chi connectivity index (χ2n) is 8.59. The van der Waals surface area contributed by atoms with Gasteiger partial charge in [-0.05, 0) is 35.1 Å². The highest BCUT2D eigenvalue weighted by Crippen LogP contribution is 2.47. The molecule has 1 aliphatic rings. The molecule has 1 atom stereocenters. The molecule has 0 saturated carbocycles. The van der Waals surface area contributed by atoms with Crippen LogP contribution >= 0.6 is 11.6 Å². The van der Waals surface area contributed by atoms with Crippen molar-refractivity contribution < 1.29 is 40.6 Å². The molecular formula is C22H20ClF7O2. The lowest BCUT2D eigenvalue weighted by molar-refractivity contribution is -0.266. The zero-order valence-electron chi connectivity index (χ0n) is 17.1. The van der Waals surface area contributed by atoms with Gasteiger partial charge in [0.05, 0.1) is 17.2 Å². The molecule has 0 fully saturated rings. The molecular weight excluding hydrogens is 465 g/mol. The van der Waals surface area contributed by atoms with Gasteiger partial charge in [0.2, 0.25) is 0 Å². The predicted octanol–water partition coefficient (Wildman–Crippen LogP) is 6.64. The molecule has 2 nitrogen and oxygen atoms in total. The minimum absolute atomic E-state index is 0.244. The van der Waals surface area contributed by atoms with E-state index in [-0.39, 0.29) is 6.07 Å². The van der Waals surface area contributed by atoms with Crippen molar-refractivity contribution in [3.05, 3.63) is 63.4 Å². The number of para-hydroxylation sites is 1. The van der Waals surface area contributed by atoms with Crippen molar-refractivity contribution in [3.63, 3.8) is 0 Å². The van der Waals surface area contributed by atoms with Gasteiger partial charge in [0.25, 0.3) is 0 Å². The number of rotatable bonds is 5.